The molecule has 4 rings (SSSR count). The van der Waals surface area contributed by atoms with E-state index in [2.05, 4.69) is 56.5 Å². The summed E-state index contributed by atoms with van der Waals surface area (Å²) in [5, 5.41) is 0. The average molecular weight is 941 g/mol. The molecule has 0 saturated carbocycles. The monoisotopic (exact) mass is 941 g/mol. The van der Waals surface area contributed by atoms with Crippen LogP contribution < -0.4 is 0 Å². The first-order valence-corrected chi connectivity index (χ1v) is 23.9. The van der Waals surface area contributed by atoms with E-state index in [1.54, 1.807) is 27.7 Å². The van der Waals surface area contributed by atoms with E-state index >= 15 is 0 Å². The standard InChI is InChI=1S/C53H80O14/c1-32(2)51(54)66-42(13)30-62-38(9)26-58-34(5)22-56-36(7)24-60-40(11)28-64-48-20-44-16-18-46(48)50(44)53(15)45-17-19-47(53)49(21-45)65-29-41(12)61-25-37(8)57-23-35(6)59-27-39(10)63-31-43(14)67-52(55)33(3)4/h16-21,34-43,50H,1,3,22-31H2,2,4-15H3. The molecule has 0 aliphatic heterocycles. The normalized spacial score (nSPS) is 22.7. The Morgan fingerprint density at radius 3 is 1.19 bits per heavy atom. The van der Waals surface area contributed by atoms with Gasteiger partial charge in [-0.1, -0.05) is 44.4 Å². The molecule has 0 fully saturated rings. The number of hydrogen-bond acceptors (Lipinski definition) is 14. The minimum Gasteiger partial charge on any atom is -0.491 e. The molecule has 12 unspecified atom stereocenters. The Kier molecular flexibility index (Phi) is 22.3. The van der Waals surface area contributed by atoms with Crippen LogP contribution in [-0.2, 0) is 66.4 Å². The molecule has 0 aromatic carbocycles. The number of fused-ring (bicyclic) bond motifs is 5. The van der Waals surface area contributed by atoms with Crippen molar-refractivity contribution in [3.63, 3.8) is 0 Å². The highest BCUT2D eigenvalue weighted by atomic mass is 16.6. The second-order valence-electron chi connectivity index (χ2n) is 18.9. The van der Waals surface area contributed by atoms with Crippen LogP contribution >= 0.6 is 0 Å². The van der Waals surface area contributed by atoms with Crippen molar-refractivity contribution in [3.05, 3.63) is 94.6 Å². The van der Waals surface area contributed by atoms with Gasteiger partial charge in [0.1, 0.15) is 36.9 Å². The molecule has 4 bridgehead atoms. The van der Waals surface area contributed by atoms with Gasteiger partial charge in [-0.3, -0.25) is 0 Å². The van der Waals surface area contributed by atoms with Crippen LogP contribution in [0.15, 0.2) is 94.6 Å². The van der Waals surface area contributed by atoms with E-state index in [4.69, 9.17) is 56.8 Å². The second kappa shape index (κ2) is 26.8. The number of allylic oxidation sites excluding steroid dienone is 10. The zero-order valence-corrected chi connectivity index (χ0v) is 42.5. The number of ether oxygens (including phenoxy) is 12. The minimum absolute atomic E-state index is 0.132. The van der Waals surface area contributed by atoms with Crippen molar-refractivity contribution < 1.29 is 66.4 Å². The smallest absolute Gasteiger partial charge is 0.333 e. The fourth-order valence-electron chi connectivity index (χ4n) is 7.62. The quantitative estimate of drug-likeness (QED) is 0.0443. The van der Waals surface area contributed by atoms with Crippen LogP contribution in [0.5, 0.6) is 0 Å². The van der Waals surface area contributed by atoms with Crippen molar-refractivity contribution in [1.82, 2.24) is 0 Å². The molecule has 0 heterocycles. The van der Waals surface area contributed by atoms with Gasteiger partial charge >= 0.3 is 11.9 Å². The van der Waals surface area contributed by atoms with Crippen molar-refractivity contribution >= 4 is 11.9 Å². The fraction of sp³-hybridized carbons (Fsp3) is 0.660. The Balaban J connectivity index is 1.08. The van der Waals surface area contributed by atoms with Crippen molar-refractivity contribution in [3.8, 4) is 0 Å². The number of carbonyl (C=O) groups is 2. The summed E-state index contributed by atoms with van der Waals surface area (Å²) in [7, 11) is 0. The van der Waals surface area contributed by atoms with Gasteiger partial charge in [0.2, 0.25) is 0 Å². The van der Waals surface area contributed by atoms with Crippen LogP contribution in [0.4, 0.5) is 0 Å². The summed E-state index contributed by atoms with van der Waals surface area (Å²) in [6.45, 7) is 35.8. The summed E-state index contributed by atoms with van der Waals surface area (Å²) >= 11 is 0. The lowest BCUT2D eigenvalue weighted by atomic mass is 9.69. The third-order valence-electron chi connectivity index (χ3n) is 11.6. The minimum atomic E-state index is -0.424. The molecule has 0 saturated heterocycles. The zero-order valence-electron chi connectivity index (χ0n) is 42.5. The van der Waals surface area contributed by atoms with Gasteiger partial charge in [0.25, 0.3) is 0 Å². The molecule has 14 heteroatoms. The third-order valence-corrected chi connectivity index (χ3v) is 11.6. The molecule has 67 heavy (non-hydrogen) atoms. The van der Waals surface area contributed by atoms with E-state index in [1.165, 1.54) is 22.3 Å². The molecule has 0 spiro atoms. The summed E-state index contributed by atoms with van der Waals surface area (Å²) in [6, 6.07) is 0. The van der Waals surface area contributed by atoms with Gasteiger partial charge in [-0.15, -0.1) is 0 Å². The Hall–Kier alpha value is -3.86. The van der Waals surface area contributed by atoms with Crippen LogP contribution in [0.25, 0.3) is 0 Å². The fourth-order valence-corrected chi connectivity index (χ4v) is 7.62. The van der Waals surface area contributed by atoms with Crippen LogP contribution in [0.3, 0.4) is 0 Å². The molecule has 0 radical (unpaired) electrons. The number of carbonyl (C=O) groups excluding carboxylic acids is 2. The van der Waals surface area contributed by atoms with Crippen molar-refractivity contribution in [1.29, 1.82) is 0 Å². The first kappa shape index (κ1) is 55.7. The maximum atomic E-state index is 11.7. The Morgan fingerprint density at radius 1 is 0.478 bits per heavy atom. The zero-order chi connectivity index (χ0) is 49.4. The van der Waals surface area contributed by atoms with Gasteiger partial charge in [0.05, 0.1) is 102 Å². The molecule has 4 aliphatic carbocycles. The highest BCUT2D eigenvalue weighted by Crippen LogP contribution is 2.62. The van der Waals surface area contributed by atoms with Crippen LogP contribution in [0.2, 0.25) is 0 Å². The van der Waals surface area contributed by atoms with Crippen LogP contribution in [0.1, 0.15) is 90.0 Å². The Morgan fingerprint density at radius 2 is 0.821 bits per heavy atom. The van der Waals surface area contributed by atoms with E-state index in [1.807, 2.05) is 55.4 Å². The first-order valence-electron chi connectivity index (χ1n) is 23.9. The van der Waals surface area contributed by atoms with Crippen molar-refractivity contribution in [2.75, 3.05) is 66.1 Å². The Bertz CT molecular complexity index is 1870. The van der Waals surface area contributed by atoms with Gasteiger partial charge in [-0.2, -0.15) is 0 Å². The lowest BCUT2D eigenvalue weighted by molar-refractivity contribution is -0.149. The highest BCUT2D eigenvalue weighted by molar-refractivity contribution is 5.87. The predicted molar refractivity (Wildman–Crippen MR) is 256 cm³/mol. The van der Waals surface area contributed by atoms with Gasteiger partial charge < -0.3 is 56.8 Å². The van der Waals surface area contributed by atoms with Gasteiger partial charge in [0.15, 0.2) is 0 Å². The summed E-state index contributed by atoms with van der Waals surface area (Å²) in [5.74, 6) is 1.06. The third kappa shape index (κ3) is 17.3. The molecule has 4 aliphatic rings. The maximum Gasteiger partial charge on any atom is 0.333 e. The molecule has 0 amide bonds. The van der Waals surface area contributed by atoms with Crippen LogP contribution in [0, 0.1) is 11.3 Å². The lowest BCUT2D eigenvalue weighted by Crippen LogP contribution is -2.30. The molecule has 12 atom stereocenters. The lowest BCUT2D eigenvalue weighted by Gasteiger charge is -2.33. The topological polar surface area (TPSA) is 145 Å². The molecule has 376 valence electrons. The predicted octanol–water partition coefficient (Wildman–Crippen LogP) is 8.43. The largest absolute Gasteiger partial charge is 0.491 e. The summed E-state index contributed by atoms with van der Waals surface area (Å²) in [5.41, 5.74) is 5.25. The number of hydrogen-bond donors (Lipinski definition) is 0. The SMILES string of the molecule is C=C(C)C(=O)OC(C)COC(C)COC(C)COC(C)COC(C)COC1=CC2=CC=C1C2C1(C)C2=CC=C1C(OCC(C)OCC(C)OCC(C)OCC(C)OCC(C)OC(=O)C(=C)C)=C2. The summed E-state index contributed by atoms with van der Waals surface area (Å²) in [6.07, 6.45) is 11.1. The van der Waals surface area contributed by atoms with Crippen molar-refractivity contribution in [2.24, 2.45) is 11.3 Å². The summed E-state index contributed by atoms with van der Waals surface area (Å²) < 4.78 is 70.9. The molecular formula is C53H80O14. The van der Waals surface area contributed by atoms with E-state index in [0.717, 1.165) is 11.5 Å². The molecule has 0 aromatic heterocycles. The number of rotatable bonds is 35. The van der Waals surface area contributed by atoms with Gasteiger partial charge in [-0.05, 0) is 106 Å². The van der Waals surface area contributed by atoms with E-state index in [9.17, 15) is 9.59 Å². The average Bonchev–Trinajstić information content (AvgIpc) is 4.03. The van der Waals surface area contributed by atoms with E-state index in [-0.39, 0.29) is 85.6 Å². The molecular weight excluding hydrogens is 861 g/mol. The van der Waals surface area contributed by atoms with E-state index in [0.29, 0.717) is 64.0 Å². The Labute approximate surface area is 400 Å². The number of esters is 2. The van der Waals surface area contributed by atoms with Crippen molar-refractivity contribution in [2.45, 2.75) is 151 Å². The molecule has 14 nitrogen and oxygen atoms in total. The van der Waals surface area contributed by atoms with E-state index < -0.39 is 11.9 Å². The highest BCUT2D eigenvalue weighted by Gasteiger charge is 2.54. The van der Waals surface area contributed by atoms with Crippen LogP contribution in [-0.4, -0.2) is 139 Å². The first-order chi connectivity index (χ1) is 31.7. The van der Waals surface area contributed by atoms with Gasteiger partial charge in [-0.25, -0.2) is 9.59 Å². The molecule has 0 aromatic rings. The maximum absolute atomic E-state index is 11.7. The second-order valence-corrected chi connectivity index (χ2v) is 18.9. The summed E-state index contributed by atoms with van der Waals surface area (Å²) in [4.78, 5) is 23.4. The molecule has 0 N–H and O–H groups in total. The van der Waals surface area contributed by atoms with Gasteiger partial charge in [0, 0.05) is 33.6 Å².